The van der Waals surface area contributed by atoms with Gasteiger partial charge in [0, 0.05) is 33.6 Å². The molecule has 0 bridgehead atoms. The minimum Gasteiger partial charge on any atom is -0.339 e. The Hall–Kier alpha value is -2.13. The molecule has 0 fully saturated rings. The van der Waals surface area contributed by atoms with Crippen molar-refractivity contribution in [3.8, 4) is 0 Å². The van der Waals surface area contributed by atoms with Gasteiger partial charge >= 0.3 is 0 Å². The largest absolute Gasteiger partial charge is 0.339 e. The maximum absolute atomic E-state index is 5.99. The average molecular weight is 254 g/mol. The number of aromatic nitrogens is 3. The van der Waals surface area contributed by atoms with Gasteiger partial charge in [-0.3, -0.25) is 4.98 Å². The maximum Gasteiger partial charge on any atom is 0.138 e. The van der Waals surface area contributed by atoms with Crippen molar-refractivity contribution >= 4 is 44.4 Å². The van der Waals surface area contributed by atoms with Gasteiger partial charge in [-0.05, 0) is 30.3 Å². The fourth-order valence-electron chi connectivity index (χ4n) is 2.35. The molecular weight excluding hydrogens is 246 g/mol. The lowest BCUT2D eigenvalue weighted by molar-refractivity contribution is 1.35. The Morgan fingerprint density at radius 3 is 2.89 bits per heavy atom. The van der Waals surface area contributed by atoms with E-state index in [1.165, 1.54) is 0 Å². The zero-order valence-electron chi connectivity index (χ0n) is 9.31. The Morgan fingerprint density at radius 2 is 1.94 bits per heavy atom. The molecule has 0 aliphatic heterocycles. The van der Waals surface area contributed by atoms with Gasteiger partial charge in [0.2, 0.25) is 0 Å². The fraction of sp³-hybridized carbons (Fsp3) is 0. The number of hydrogen-bond acceptors (Lipinski definition) is 2. The summed E-state index contributed by atoms with van der Waals surface area (Å²) in [6.07, 6.45) is 3.65. The van der Waals surface area contributed by atoms with Gasteiger partial charge in [-0.25, -0.2) is 4.98 Å². The van der Waals surface area contributed by atoms with Crippen LogP contribution in [0.5, 0.6) is 0 Å². The molecule has 0 saturated heterocycles. The van der Waals surface area contributed by atoms with Crippen molar-refractivity contribution in [3.63, 3.8) is 0 Å². The smallest absolute Gasteiger partial charge is 0.138 e. The first-order chi connectivity index (χ1) is 8.83. The van der Waals surface area contributed by atoms with E-state index in [4.69, 9.17) is 11.6 Å². The van der Waals surface area contributed by atoms with E-state index in [9.17, 15) is 0 Å². The van der Waals surface area contributed by atoms with Crippen molar-refractivity contribution in [2.45, 2.75) is 0 Å². The first kappa shape index (κ1) is 9.85. The molecule has 3 aromatic heterocycles. The van der Waals surface area contributed by atoms with Crippen LogP contribution in [-0.4, -0.2) is 15.0 Å². The van der Waals surface area contributed by atoms with Crippen LogP contribution in [0.1, 0.15) is 0 Å². The maximum atomic E-state index is 5.99. The van der Waals surface area contributed by atoms with Crippen molar-refractivity contribution in [1.29, 1.82) is 0 Å². The molecule has 3 nitrogen and oxygen atoms in total. The molecule has 4 rings (SSSR count). The van der Waals surface area contributed by atoms with E-state index >= 15 is 0 Å². The van der Waals surface area contributed by atoms with Crippen LogP contribution in [0.25, 0.3) is 32.8 Å². The lowest BCUT2D eigenvalue weighted by atomic mass is 10.1. The highest BCUT2D eigenvalue weighted by molar-refractivity contribution is 6.31. The first-order valence-corrected chi connectivity index (χ1v) is 6.01. The van der Waals surface area contributed by atoms with Gasteiger partial charge in [-0.1, -0.05) is 11.6 Å². The van der Waals surface area contributed by atoms with Gasteiger partial charge in [0.25, 0.3) is 0 Å². The highest BCUT2D eigenvalue weighted by Gasteiger charge is 2.08. The Morgan fingerprint density at radius 1 is 1.00 bits per heavy atom. The van der Waals surface area contributed by atoms with Crippen molar-refractivity contribution < 1.29 is 0 Å². The standard InChI is InChI=1S/C14H8ClN3/c15-8-3-4-10-12(6-8)17-7-11-9-2-1-5-16-14(9)18-13(10)11/h1-7H,(H,16,18). The number of rotatable bonds is 0. The molecule has 0 unspecified atom stereocenters. The minimum atomic E-state index is 0.698. The number of nitrogens with zero attached hydrogens (tertiary/aromatic N) is 2. The molecule has 0 radical (unpaired) electrons. The quantitative estimate of drug-likeness (QED) is 0.516. The number of H-pyrrole nitrogens is 1. The van der Waals surface area contributed by atoms with E-state index in [1.54, 1.807) is 6.20 Å². The van der Waals surface area contributed by atoms with Crippen LogP contribution in [0.2, 0.25) is 5.02 Å². The third-order valence-corrected chi connectivity index (χ3v) is 3.41. The van der Waals surface area contributed by atoms with Crippen LogP contribution in [0, 0.1) is 0 Å². The highest BCUT2D eigenvalue weighted by Crippen LogP contribution is 2.29. The van der Waals surface area contributed by atoms with Crippen LogP contribution >= 0.6 is 11.6 Å². The zero-order valence-corrected chi connectivity index (χ0v) is 10.1. The van der Waals surface area contributed by atoms with Crippen LogP contribution in [0.3, 0.4) is 0 Å². The Kier molecular flexibility index (Phi) is 1.88. The molecule has 0 saturated carbocycles. The summed E-state index contributed by atoms with van der Waals surface area (Å²) in [5, 5.41) is 3.95. The molecule has 3 heterocycles. The van der Waals surface area contributed by atoms with E-state index in [-0.39, 0.29) is 0 Å². The van der Waals surface area contributed by atoms with Gasteiger partial charge < -0.3 is 4.98 Å². The molecular formula is C14H8ClN3. The van der Waals surface area contributed by atoms with E-state index in [0.29, 0.717) is 5.02 Å². The first-order valence-electron chi connectivity index (χ1n) is 5.63. The third-order valence-electron chi connectivity index (χ3n) is 3.17. The van der Waals surface area contributed by atoms with Gasteiger partial charge in [-0.15, -0.1) is 0 Å². The zero-order chi connectivity index (χ0) is 12.1. The monoisotopic (exact) mass is 253 g/mol. The second-order valence-electron chi connectivity index (χ2n) is 4.23. The lowest BCUT2D eigenvalue weighted by Gasteiger charge is -1.99. The molecule has 86 valence electrons. The number of hydrogen-bond donors (Lipinski definition) is 1. The molecule has 0 aliphatic carbocycles. The summed E-state index contributed by atoms with van der Waals surface area (Å²) in [4.78, 5) is 12.1. The SMILES string of the molecule is Clc1ccc2c(c1)ncc1c3cccnc3[nH]c21. The predicted octanol–water partition coefficient (Wildman–Crippen LogP) is 3.92. The summed E-state index contributed by atoms with van der Waals surface area (Å²) >= 11 is 5.99. The van der Waals surface area contributed by atoms with Crippen molar-refractivity contribution in [2.24, 2.45) is 0 Å². The van der Waals surface area contributed by atoms with Crippen molar-refractivity contribution in [1.82, 2.24) is 15.0 Å². The topological polar surface area (TPSA) is 41.6 Å². The molecule has 0 aliphatic rings. The minimum absolute atomic E-state index is 0.698. The predicted molar refractivity (Wildman–Crippen MR) is 73.9 cm³/mol. The summed E-state index contributed by atoms with van der Waals surface area (Å²) in [6, 6.07) is 9.72. The molecule has 0 spiro atoms. The highest BCUT2D eigenvalue weighted by atomic mass is 35.5. The summed E-state index contributed by atoms with van der Waals surface area (Å²) in [7, 11) is 0. The number of benzene rings is 1. The Balaban J connectivity index is 2.28. The number of fused-ring (bicyclic) bond motifs is 5. The Labute approximate surface area is 107 Å². The molecule has 0 amide bonds. The van der Waals surface area contributed by atoms with E-state index in [0.717, 1.165) is 32.8 Å². The van der Waals surface area contributed by atoms with Crippen molar-refractivity contribution in [3.05, 3.63) is 47.7 Å². The van der Waals surface area contributed by atoms with E-state index in [2.05, 4.69) is 15.0 Å². The summed E-state index contributed by atoms with van der Waals surface area (Å²) in [6.45, 7) is 0. The molecule has 1 N–H and O–H groups in total. The van der Waals surface area contributed by atoms with Crippen LogP contribution in [-0.2, 0) is 0 Å². The fourth-order valence-corrected chi connectivity index (χ4v) is 2.51. The number of nitrogens with one attached hydrogen (secondary N) is 1. The van der Waals surface area contributed by atoms with Crippen LogP contribution in [0.15, 0.2) is 42.7 Å². The number of aromatic amines is 1. The van der Waals surface area contributed by atoms with Crippen LogP contribution in [0.4, 0.5) is 0 Å². The molecule has 4 aromatic rings. The van der Waals surface area contributed by atoms with Gasteiger partial charge in [0.15, 0.2) is 0 Å². The normalized spacial score (nSPS) is 11.6. The van der Waals surface area contributed by atoms with Crippen molar-refractivity contribution in [2.75, 3.05) is 0 Å². The van der Waals surface area contributed by atoms with Gasteiger partial charge in [-0.2, -0.15) is 0 Å². The van der Waals surface area contributed by atoms with E-state index < -0.39 is 0 Å². The van der Waals surface area contributed by atoms with E-state index in [1.807, 2.05) is 36.5 Å². The Bertz CT molecular complexity index is 895. The van der Waals surface area contributed by atoms with Gasteiger partial charge in [0.1, 0.15) is 5.65 Å². The average Bonchev–Trinajstić information content (AvgIpc) is 2.77. The second-order valence-corrected chi connectivity index (χ2v) is 4.67. The second kappa shape index (κ2) is 3.43. The number of pyridine rings is 2. The summed E-state index contributed by atoms with van der Waals surface area (Å²) in [5.41, 5.74) is 2.84. The lowest BCUT2D eigenvalue weighted by Crippen LogP contribution is -1.80. The molecule has 4 heteroatoms. The molecule has 1 aromatic carbocycles. The molecule has 18 heavy (non-hydrogen) atoms. The molecule has 0 atom stereocenters. The number of halogens is 1. The summed E-state index contributed by atoms with van der Waals surface area (Å²) in [5.74, 6) is 0. The summed E-state index contributed by atoms with van der Waals surface area (Å²) < 4.78 is 0. The third kappa shape index (κ3) is 1.25. The van der Waals surface area contributed by atoms with Crippen LogP contribution < -0.4 is 0 Å². The van der Waals surface area contributed by atoms with Gasteiger partial charge in [0.05, 0.1) is 11.0 Å².